The number of rotatable bonds is 6. The number of carbonyl (C=O) groups is 1. The number of pyridine rings is 1. The number of nitrogens with zero attached hydrogens (tertiary/aromatic N) is 1. The van der Waals surface area contributed by atoms with Gasteiger partial charge in [0.2, 0.25) is 5.91 Å². The molecule has 0 aliphatic rings. The van der Waals surface area contributed by atoms with Gasteiger partial charge in [0, 0.05) is 31.0 Å². The van der Waals surface area contributed by atoms with Gasteiger partial charge in [-0.25, -0.2) is 0 Å². The van der Waals surface area contributed by atoms with E-state index in [4.69, 9.17) is 5.73 Å². The average molecular weight is 269 g/mol. The van der Waals surface area contributed by atoms with Gasteiger partial charge >= 0.3 is 0 Å². The molecule has 104 valence electrons. The quantitative estimate of drug-likeness (QED) is 0.788. The molecule has 0 unspecified atom stereocenters. The van der Waals surface area contributed by atoms with E-state index >= 15 is 0 Å². The number of benzene rings is 1. The van der Waals surface area contributed by atoms with E-state index in [1.165, 1.54) is 0 Å². The van der Waals surface area contributed by atoms with Gasteiger partial charge in [0.15, 0.2) is 0 Å². The molecule has 4 nitrogen and oxygen atoms in total. The molecular formula is C16H19N3O. The molecule has 1 heterocycles. The van der Waals surface area contributed by atoms with Gasteiger partial charge < -0.3 is 11.1 Å². The minimum Gasteiger partial charge on any atom is -0.399 e. The maximum absolute atomic E-state index is 11.8. The predicted octanol–water partition coefficient (Wildman–Crippen LogP) is 1.96. The zero-order valence-corrected chi connectivity index (χ0v) is 11.4. The first-order chi connectivity index (χ1) is 9.75. The van der Waals surface area contributed by atoms with Crippen molar-refractivity contribution >= 4 is 11.6 Å². The lowest BCUT2D eigenvalue weighted by Crippen LogP contribution is -2.25. The predicted molar refractivity (Wildman–Crippen MR) is 80.1 cm³/mol. The van der Waals surface area contributed by atoms with Crippen molar-refractivity contribution < 1.29 is 4.79 Å². The highest BCUT2D eigenvalue weighted by molar-refractivity contribution is 5.76. The van der Waals surface area contributed by atoms with Crippen LogP contribution in [0.2, 0.25) is 0 Å². The number of para-hydroxylation sites is 1. The standard InChI is InChI=1S/C16H19N3O/c17-15-6-2-1-5-14(15)7-8-16(20)19-11-9-13-4-3-10-18-12-13/h1-6,10,12H,7-9,11,17H2,(H,19,20). The van der Waals surface area contributed by atoms with Crippen LogP contribution in [0.15, 0.2) is 48.8 Å². The van der Waals surface area contributed by atoms with Crippen LogP contribution in [-0.2, 0) is 17.6 Å². The molecule has 3 N–H and O–H groups in total. The third-order valence-electron chi connectivity index (χ3n) is 3.14. The average Bonchev–Trinajstić information content (AvgIpc) is 2.47. The van der Waals surface area contributed by atoms with Crippen LogP contribution in [-0.4, -0.2) is 17.4 Å². The van der Waals surface area contributed by atoms with Crippen LogP contribution in [0.25, 0.3) is 0 Å². The molecule has 0 saturated carbocycles. The molecule has 1 aromatic heterocycles. The van der Waals surface area contributed by atoms with Crippen molar-refractivity contribution in [2.75, 3.05) is 12.3 Å². The Balaban J connectivity index is 1.70. The molecule has 1 aromatic carbocycles. The topological polar surface area (TPSA) is 68.0 Å². The lowest BCUT2D eigenvalue weighted by molar-refractivity contribution is -0.121. The summed E-state index contributed by atoms with van der Waals surface area (Å²) in [5, 5.41) is 2.91. The van der Waals surface area contributed by atoms with Crippen molar-refractivity contribution in [3.63, 3.8) is 0 Å². The van der Waals surface area contributed by atoms with Crippen LogP contribution in [0.1, 0.15) is 17.5 Å². The molecule has 0 aliphatic carbocycles. The fraction of sp³-hybridized carbons (Fsp3) is 0.250. The molecule has 2 rings (SSSR count). The van der Waals surface area contributed by atoms with E-state index < -0.39 is 0 Å². The van der Waals surface area contributed by atoms with Crippen LogP contribution in [0.5, 0.6) is 0 Å². The minimum atomic E-state index is 0.0529. The number of anilines is 1. The largest absolute Gasteiger partial charge is 0.399 e. The summed E-state index contributed by atoms with van der Waals surface area (Å²) in [4.78, 5) is 15.8. The molecule has 0 saturated heterocycles. The molecule has 0 aliphatic heterocycles. The van der Waals surface area contributed by atoms with Gasteiger partial charge in [-0.05, 0) is 36.1 Å². The zero-order chi connectivity index (χ0) is 14.2. The fourth-order valence-corrected chi connectivity index (χ4v) is 1.99. The van der Waals surface area contributed by atoms with E-state index in [9.17, 15) is 4.79 Å². The van der Waals surface area contributed by atoms with Gasteiger partial charge in [-0.3, -0.25) is 9.78 Å². The molecule has 2 aromatic rings. The van der Waals surface area contributed by atoms with Crippen LogP contribution in [0, 0.1) is 0 Å². The number of nitrogens with one attached hydrogen (secondary N) is 1. The molecule has 1 amide bonds. The summed E-state index contributed by atoms with van der Waals surface area (Å²) in [6.45, 7) is 0.634. The van der Waals surface area contributed by atoms with Crippen molar-refractivity contribution in [3.8, 4) is 0 Å². The number of nitrogens with two attached hydrogens (primary N) is 1. The maximum Gasteiger partial charge on any atom is 0.220 e. The number of hydrogen-bond donors (Lipinski definition) is 2. The lowest BCUT2D eigenvalue weighted by atomic mass is 10.1. The van der Waals surface area contributed by atoms with Crippen LogP contribution in [0.3, 0.4) is 0 Å². The van der Waals surface area contributed by atoms with Gasteiger partial charge in [-0.1, -0.05) is 24.3 Å². The molecule has 0 spiro atoms. The summed E-state index contributed by atoms with van der Waals surface area (Å²) < 4.78 is 0. The van der Waals surface area contributed by atoms with Crippen molar-refractivity contribution in [2.45, 2.75) is 19.3 Å². The van der Waals surface area contributed by atoms with Crippen LogP contribution < -0.4 is 11.1 Å². The van der Waals surface area contributed by atoms with Crippen molar-refractivity contribution in [3.05, 3.63) is 59.9 Å². The Morgan fingerprint density at radius 1 is 1.15 bits per heavy atom. The van der Waals surface area contributed by atoms with Crippen molar-refractivity contribution in [1.29, 1.82) is 0 Å². The van der Waals surface area contributed by atoms with E-state index in [1.54, 1.807) is 6.20 Å². The molecule has 4 heteroatoms. The number of nitrogen functional groups attached to an aromatic ring is 1. The Hall–Kier alpha value is -2.36. The van der Waals surface area contributed by atoms with E-state index in [1.807, 2.05) is 42.6 Å². The summed E-state index contributed by atoms with van der Waals surface area (Å²) in [5.41, 5.74) is 8.74. The Labute approximate surface area is 119 Å². The van der Waals surface area contributed by atoms with Gasteiger partial charge in [-0.2, -0.15) is 0 Å². The first-order valence-corrected chi connectivity index (χ1v) is 6.74. The zero-order valence-electron chi connectivity index (χ0n) is 11.4. The number of aromatic nitrogens is 1. The minimum absolute atomic E-state index is 0.0529. The number of aryl methyl sites for hydroxylation is 1. The summed E-state index contributed by atoms with van der Waals surface area (Å²) in [7, 11) is 0. The third-order valence-corrected chi connectivity index (χ3v) is 3.14. The van der Waals surface area contributed by atoms with E-state index in [0.717, 1.165) is 23.2 Å². The lowest BCUT2D eigenvalue weighted by Gasteiger charge is -2.07. The number of amides is 1. The number of carbonyl (C=O) groups excluding carboxylic acids is 1. The fourth-order valence-electron chi connectivity index (χ4n) is 1.99. The second kappa shape index (κ2) is 7.28. The SMILES string of the molecule is Nc1ccccc1CCC(=O)NCCc1cccnc1. The normalized spacial score (nSPS) is 10.2. The highest BCUT2D eigenvalue weighted by Gasteiger charge is 2.04. The summed E-state index contributed by atoms with van der Waals surface area (Å²) in [5.74, 6) is 0.0529. The molecule has 0 radical (unpaired) electrons. The van der Waals surface area contributed by atoms with Gasteiger partial charge in [0.1, 0.15) is 0 Å². The van der Waals surface area contributed by atoms with Gasteiger partial charge in [-0.15, -0.1) is 0 Å². The van der Waals surface area contributed by atoms with Crippen molar-refractivity contribution in [2.24, 2.45) is 0 Å². The molecule has 20 heavy (non-hydrogen) atoms. The first-order valence-electron chi connectivity index (χ1n) is 6.74. The molecule has 0 bridgehead atoms. The van der Waals surface area contributed by atoms with Gasteiger partial charge in [0.05, 0.1) is 0 Å². The van der Waals surface area contributed by atoms with Crippen LogP contribution in [0.4, 0.5) is 5.69 Å². The Kier molecular flexibility index (Phi) is 5.12. The second-order valence-corrected chi connectivity index (χ2v) is 4.66. The van der Waals surface area contributed by atoms with E-state index in [0.29, 0.717) is 19.4 Å². The second-order valence-electron chi connectivity index (χ2n) is 4.66. The number of hydrogen-bond acceptors (Lipinski definition) is 3. The maximum atomic E-state index is 11.8. The summed E-state index contributed by atoms with van der Waals surface area (Å²) >= 11 is 0. The Morgan fingerprint density at radius 3 is 2.75 bits per heavy atom. The van der Waals surface area contributed by atoms with Gasteiger partial charge in [0.25, 0.3) is 0 Å². The molecule has 0 atom stereocenters. The molecular weight excluding hydrogens is 250 g/mol. The highest BCUT2D eigenvalue weighted by Crippen LogP contribution is 2.12. The Morgan fingerprint density at radius 2 is 2.00 bits per heavy atom. The summed E-state index contributed by atoms with van der Waals surface area (Å²) in [6, 6.07) is 11.5. The highest BCUT2D eigenvalue weighted by atomic mass is 16.1. The molecule has 0 fully saturated rings. The first kappa shape index (κ1) is 14.1. The van der Waals surface area contributed by atoms with E-state index in [2.05, 4.69) is 10.3 Å². The Bertz CT molecular complexity index is 555. The van der Waals surface area contributed by atoms with E-state index in [-0.39, 0.29) is 5.91 Å². The monoisotopic (exact) mass is 269 g/mol. The third kappa shape index (κ3) is 4.39. The van der Waals surface area contributed by atoms with Crippen molar-refractivity contribution in [1.82, 2.24) is 10.3 Å². The van der Waals surface area contributed by atoms with Crippen LogP contribution >= 0.6 is 0 Å². The smallest absolute Gasteiger partial charge is 0.220 e. The summed E-state index contributed by atoms with van der Waals surface area (Å²) in [6.07, 6.45) is 5.49.